The zero-order valence-electron chi connectivity index (χ0n) is 11.2. The van der Waals surface area contributed by atoms with Crippen molar-refractivity contribution >= 4 is 5.97 Å². The molecule has 0 heterocycles. The molecule has 3 heteroatoms. The number of carbonyl (C=O) groups excluding carboxylic acids is 1. The highest BCUT2D eigenvalue weighted by molar-refractivity contribution is 5.81. The Labute approximate surface area is 113 Å². The predicted octanol–water partition coefficient (Wildman–Crippen LogP) is 2.15. The fraction of sp³-hybridized carbons (Fsp3) is 0.312. The van der Waals surface area contributed by atoms with Crippen LogP contribution in [0.25, 0.3) is 0 Å². The fourth-order valence-corrected chi connectivity index (χ4v) is 1.34. The highest BCUT2D eigenvalue weighted by atomic mass is 16.5. The maximum absolute atomic E-state index is 11.1. The number of ether oxygens (including phenoxy) is 1. The number of hydrogen-bond donors (Lipinski definition) is 1. The van der Waals surface area contributed by atoms with E-state index in [1.165, 1.54) is 6.08 Å². The van der Waals surface area contributed by atoms with Crippen molar-refractivity contribution in [3.05, 3.63) is 48.0 Å². The molecule has 19 heavy (non-hydrogen) atoms. The summed E-state index contributed by atoms with van der Waals surface area (Å²) >= 11 is 0. The molecule has 0 saturated heterocycles. The molecule has 0 aliphatic rings. The van der Waals surface area contributed by atoms with Crippen LogP contribution in [-0.2, 0) is 9.53 Å². The summed E-state index contributed by atoms with van der Waals surface area (Å²) in [6, 6.07) is 9.44. The Morgan fingerprint density at radius 3 is 2.74 bits per heavy atom. The van der Waals surface area contributed by atoms with Crippen LogP contribution in [0, 0.1) is 17.8 Å². The number of hydrogen-bond acceptors (Lipinski definition) is 3. The number of aliphatic hydroxyl groups excluding tert-OH is 1. The lowest BCUT2D eigenvalue weighted by atomic mass is 10.0. The first-order valence-electron chi connectivity index (χ1n) is 6.23. The average Bonchev–Trinajstić information content (AvgIpc) is 2.43. The van der Waals surface area contributed by atoms with Crippen LogP contribution in [0.3, 0.4) is 0 Å². The van der Waals surface area contributed by atoms with Gasteiger partial charge >= 0.3 is 5.97 Å². The van der Waals surface area contributed by atoms with Crippen LogP contribution in [-0.4, -0.2) is 23.8 Å². The molecule has 100 valence electrons. The normalized spacial score (nSPS) is 13.4. The maximum atomic E-state index is 11.1. The van der Waals surface area contributed by atoms with E-state index in [2.05, 4.69) is 11.8 Å². The molecule has 0 saturated carbocycles. The summed E-state index contributed by atoms with van der Waals surface area (Å²) in [6.07, 6.45) is 2.11. The number of benzene rings is 1. The van der Waals surface area contributed by atoms with Gasteiger partial charge in [-0.1, -0.05) is 43.0 Å². The minimum atomic E-state index is -0.814. The van der Waals surface area contributed by atoms with E-state index in [4.69, 9.17) is 4.74 Å². The Bertz CT molecular complexity index is 480. The van der Waals surface area contributed by atoms with Gasteiger partial charge in [0.05, 0.1) is 6.61 Å². The monoisotopic (exact) mass is 258 g/mol. The third-order valence-electron chi connectivity index (χ3n) is 2.46. The number of esters is 1. The van der Waals surface area contributed by atoms with Gasteiger partial charge in [0.25, 0.3) is 0 Å². The molecule has 1 aromatic rings. The summed E-state index contributed by atoms with van der Waals surface area (Å²) in [5.41, 5.74) is 0.850. The van der Waals surface area contributed by atoms with E-state index in [9.17, 15) is 9.90 Å². The Morgan fingerprint density at radius 1 is 1.42 bits per heavy atom. The van der Waals surface area contributed by atoms with Gasteiger partial charge in [0.1, 0.15) is 6.10 Å². The SMILES string of the molecule is CCOC(=O)/C=C/[C@@H](C)[C@@H](O)C#Cc1ccccc1. The number of carbonyl (C=O) groups is 1. The van der Waals surface area contributed by atoms with Gasteiger partial charge in [-0.15, -0.1) is 0 Å². The van der Waals surface area contributed by atoms with Crippen molar-refractivity contribution in [2.75, 3.05) is 6.61 Å². The summed E-state index contributed by atoms with van der Waals surface area (Å²) in [5, 5.41) is 9.84. The second-order valence-corrected chi connectivity index (χ2v) is 4.05. The van der Waals surface area contributed by atoms with Crippen LogP contribution in [0.2, 0.25) is 0 Å². The fourth-order valence-electron chi connectivity index (χ4n) is 1.34. The van der Waals surface area contributed by atoms with Crippen LogP contribution in [0.15, 0.2) is 42.5 Å². The molecule has 0 aliphatic carbocycles. The number of rotatable bonds is 4. The summed E-state index contributed by atoms with van der Waals surface area (Å²) in [4.78, 5) is 11.1. The highest BCUT2D eigenvalue weighted by Crippen LogP contribution is 2.05. The average molecular weight is 258 g/mol. The lowest BCUT2D eigenvalue weighted by Gasteiger charge is -2.08. The molecule has 1 N–H and O–H groups in total. The van der Waals surface area contributed by atoms with Crippen molar-refractivity contribution in [3.63, 3.8) is 0 Å². The minimum absolute atomic E-state index is 0.236. The van der Waals surface area contributed by atoms with E-state index in [-0.39, 0.29) is 5.92 Å². The second-order valence-electron chi connectivity index (χ2n) is 4.05. The molecule has 1 rings (SSSR count). The van der Waals surface area contributed by atoms with Crippen molar-refractivity contribution in [1.29, 1.82) is 0 Å². The minimum Gasteiger partial charge on any atom is -0.463 e. The van der Waals surface area contributed by atoms with Crippen LogP contribution in [0.4, 0.5) is 0 Å². The first-order chi connectivity index (χ1) is 9.13. The van der Waals surface area contributed by atoms with Crippen LogP contribution in [0.1, 0.15) is 19.4 Å². The lowest BCUT2D eigenvalue weighted by molar-refractivity contribution is -0.137. The van der Waals surface area contributed by atoms with Crippen molar-refractivity contribution in [2.24, 2.45) is 5.92 Å². The zero-order valence-corrected chi connectivity index (χ0v) is 11.2. The van der Waals surface area contributed by atoms with Crippen molar-refractivity contribution in [3.8, 4) is 11.8 Å². The van der Waals surface area contributed by atoms with Gasteiger partial charge in [-0.2, -0.15) is 0 Å². The van der Waals surface area contributed by atoms with E-state index < -0.39 is 12.1 Å². The van der Waals surface area contributed by atoms with Gasteiger partial charge in [-0.25, -0.2) is 4.79 Å². The molecule has 2 atom stereocenters. The third-order valence-corrected chi connectivity index (χ3v) is 2.46. The summed E-state index contributed by atoms with van der Waals surface area (Å²) in [7, 11) is 0. The largest absolute Gasteiger partial charge is 0.463 e. The molecule has 0 aliphatic heterocycles. The summed E-state index contributed by atoms with van der Waals surface area (Å²) in [6.45, 7) is 3.88. The van der Waals surface area contributed by atoms with Crippen LogP contribution >= 0.6 is 0 Å². The van der Waals surface area contributed by atoms with E-state index in [0.29, 0.717) is 6.61 Å². The van der Waals surface area contributed by atoms with Gasteiger partial charge in [0, 0.05) is 17.6 Å². The molecule has 0 amide bonds. The zero-order chi connectivity index (χ0) is 14.1. The topological polar surface area (TPSA) is 46.5 Å². The predicted molar refractivity (Wildman–Crippen MR) is 74.3 cm³/mol. The molecule has 0 fully saturated rings. The Kier molecular flexibility index (Phi) is 6.42. The quantitative estimate of drug-likeness (QED) is 0.511. The van der Waals surface area contributed by atoms with E-state index in [1.807, 2.05) is 30.3 Å². The van der Waals surface area contributed by atoms with E-state index in [0.717, 1.165) is 5.56 Å². The number of aliphatic hydroxyl groups is 1. The summed E-state index contributed by atoms with van der Waals surface area (Å²) in [5.74, 6) is 5.00. The van der Waals surface area contributed by atoms with E-state index in [1.54, 1.807) is 19.9 Å². The first-order valence-corrected chi connectivity index (χ1v) is 6.23. The molecule has 0 radical (unpaired) electrons. The third kappa shape index (κ3) is 5.89. The second kappa shape index (κ2) is 8.12. The molecule has 0 unspecified atom stereocenters. The van der Waals surface area contributed by atoms with Gasteiger partial charge in [0.15, 0.2) is 0 Å². The Morgan fingerprint density at radius 2 is 2.11 bits per heavy atom. The lowest BCUT2D eigenvalue weighted by Crippen LogP contribution is -2.13. The maximum Gasteiger partial charge on any atom is 0.330 e. The molecule has 1 aromatic carbocycles. The smallest absolute Gasteiger partial charge is 0.330 e. The van der Waals surface area contributed by atoms with Gasteiger partial charge < -0.3 is 9.84 Å². The van der Waals surface area contributed by atoms with Gasteiger partial charge in [0.2, 0.25) is 0 Å². The molecular weight excluding hydrogens is 240 g/mol. The van der Waals surface area contributed by atoms with Crippen molar-refractivity contribution in [2.45, 2.75) is 20.0 Å². The standard InChI is InChI=1S/C16H18O3/c1-3-19-16(18)12-9-13(2)15(17)11-10-14-7-5-4-6-8-14/h4-9,12-13,15,17H,3H2,1-2H3/b12-9+/t13-,15+/m1/s1. The van der Waals surface area contributed by atoms with Gasteiger partial charge in [-0.3, -0.25) is 0 Å². The van der Waals surface area contributed by atoms with Crippen molar-refractivity contribution in [1.82, 2.24) is 0 Å². The van der Waals surface area contributed by atoms with Crippen molar-refractivity contribution < 1.29 is 14.6 Å². The Balaban J connectivity index is 2.56. The first kappa shape index (κ1) is 15.0. The van der Waals surface area contributed by atoms with Gasteiger partial charge in [-0.05, 0) is 19.1 Å². The molecule has 0 bridgehead atoms. The van der Waals surface area contributed by atoms with Crippen LogP contribution in [0.5, 0.6) is 0 Å². The molecular formula is C16H18O3. The highest BCUT2D eigenvalue weighted by Gasteiger charge is 2.08. The molecule has 3 nitrogen and oxygen atoms in total. The van der Waals surface area contributed by atoms with Crippen LogP contribution < -0.4 is 0 Å². The molecule has 0 aromatic heterocycles. The van der Waals surface area contributed by atoms with E-state index >= 15 is 0 Å². The Hall–Kier alpha value is -2.05. The molecule has 0 spiro atoms. The summed E-state index contributed by atoms with van der Waals surface area (Å²) < 4.78 is 4.76.